The number of rotatable bonds is 6. The largest absolute Gasteiger partial charge is 0.502 e. The average molecular weight is 294 g/mol. The number of likely N-dealkylation sites (tertiary alicyclic amines) is 1. The molecule has 1 aromatic rings. The zero-order valence-corrected chi connectivity index (χ0v) is 13.2. The van der Waals surface area contributed by atoms with Crippen molar-refractivity contribution < 1.29 is 14.6 Å². The minimum absolute atomic E-state index is 0.0516. The number of methoxy groups -OCH3 is 2. The van der Waals surface area contributed by atoms with Gasteiger partial charge in [-0.25, -0.2) is 0 Å². The molecule has 21 heavy (non-hydrogen) atoms. The van der Waals surface area contributed by atoms with Crippen LogP contribution >= 0.6 is 0 Å². The lowest BCUT2D eigenvalue weighted by Crippen LogP contribution is -2.42. The summed E-state index contributed by atoms with van der Waals surface area (Å²) < 4.78 is 10.4. The Morgan fingerprint density at radius 1 is 1.24 bits per heavy atom. The molecule has 1 unspecified atom stereocenters. The van der Waals surface area contributed by atoms with Crippen LogP contribution in [-0.2, 0) is 6.54 Å². The van der Waals surface area contributed by atoms with Crippen molar-refractivity contribution in [1.82, 2.24) is 10.2 Å². The van der Waals surface area contributed by atoms with Crippen molar-refractivity contribution in [2.75, 3.05) is 34.4 Å². The number of hydrogen-bond donors (Lipinski definition) is 2. The van der Waals surface area contributed by atoms with Gasteiger partial charge in [0.2, 0.25) is 5.75 Å². The molecule has 1 aromatic carbocycles. The molecule has 2 rings (SSSR count). The Morgan fingerprint density at radius 3 is 2.48 bits per heavy atom. The lowest BCUT2D eigenvalue weighted by molar-refractivity contribution is 0.181. The lowest BCUT2D eigenvalue weighted by atomic mass is 10.0. The third-order valence-corrected chi connectivity index (χ3v) is 4.17. The number of phenolic OH excluding ortho intramolecular Hbond substituents is 1. The molecule has 1 atom stereocenters. The molecule has 118 valence electrons. The van der Waals surface area contributed by atoms with Gasteiger partial charge in [-0.15, -0.1) is 0 Å². The van der Waals surface area contributed by atoms with Crippen molar-refractivity contribution in [2.45, 2.75) is 31.8 Å². The van der Waals surface area contributed by atoms with E-state index in [4.69, 9.17) is 9.47 Å². The van der Waals surface area contributed by atoms with Gasteiger partial charge in [0.1, 0.15) is 0 Å². The number of phenols is 1. The molecule has 2 N–H and O–H groups in total. The van der Waals surface area contributed by atoms with E-state index in [9.17, 15) is 5.11 Å². The van der Waals surface area contributed by atoms with Gasteiger partial charge in [-0.1, -0.05) is 6.42 Å². The summed E-state index contributed by atoms with van der Waals surface area (Å²) in [5.41, 5.74) is 1.04. The normalized spacial score (nSPS) is 19.5. The Bertz CT molecular complexity index is 440. The molecule has 0 spiro atoms. The molecule has 0 aliphatic carbocycles. The summed E-state index contributed by atoms with van der Waals surface area (Å²) in [6.45, 7) is 2.90. The van der Waals surface area contributed by atoms with Crippen LogP contribution in [0.5, 0.6) is 17.2 Å². The molecule has 5 heteroatoms. The Morgan fingerprint density at radius 2 is 1.90 bits per heavy atom. The molecule has 1 fully saturated rings. The van der Waals surface area contributed by atoms with E-state index >= 15 is 0 Å². The topological polar surface area (TPSA) is 54.0 Å². The molecular weight excluding hydrogens is 268 g/mol. The molecule has 1 aliphatic rings. The van der Waals surface area contributed by atoms with Gasteiger partial charge >= 0.3 is 0 Å². The molecule has 0 aromatic heterocycles. The van der Waals surface area contributed by atoms with Crippen molar-refractivity contribution in [3.63, 3.8) is 0 Å². The number of likely N-dealkylation sites (N-methyl/N-ethyl adjacent to an activating group) is 1. The van der Waals surface area contributed by atoms with E-state index in [1.54, 1.807) is 14.2 Å². The van der Waals surface area contributed by atoms with E-state index in [0.29, 0.717) is 17.5 Å². The second kappa shape index (κ2) is 7.52. The highest BCUT2D eigenvalue weighted by atomic mass is 16.5. The van der Waals surface area contributed by atoms with Gasteiger partial charge < -0.3 is 24.8 Å². The summed E-state index contributed by atoms with van der Waals surface area (Å²) in [6, 6.07) is 4.30. The van der Waals surface area contributed by atoms with Crippen molar-refractivity contribution in [3.8, 4) is 17.2 Å². The summed E-state index contributed by atoms with van der Waals surface area (Å²) >= 11 is 0. The summed E-state index contributed by atoms with van der Waals surface area (Å²) in [5.74, 6) is 0.942. The van der Waals surface area contributed by atoms with Crippen molar-refractivity contribution >= 4 is 0 Å². The second-order valence-electron chi connectivity index (χ2n) is 5.61. The fourth-order valence-corrected chi connectivity index (χ4v) is 2.83. The maximum atomic E-state index is 9.90. The van der Waals surface area contributed by atoms with E-state index in [-0.39, 0.29) is 5.75 Å². The summed E-state index contributed by atoms with van der Waals surface area (Å²) in [6.07, 6.45) is 3.88. The molecular formula is C16H26N2O3. The number of nitrogens with zero attached hydrogens (tertiary/aromatic N) is 1. The average Bonchev–Trinajstić information content (AvgIpc) is 2.50. The summed E-state index contributed by atoms with van der Waals surface area (Å²) in [7, 11) is 5.28. The highest BCUT2D eigenvalue weighted by Gasteiger charge is 2.18. The lowest BCUT2D eigenvalue weighted by Gasteiger charge is -2.32. The van der Waals surface area contributed by atoms with Gasteiger partial charge in [-0.3, -0.25) is 0 Å². The second-order valence-corrected chi connectivity index (χ2v) is 5.61. The first-order valence-electron chi connectivity index (χ1n) is 7.50. The minimum Gasteiger partial charge on any atom is -0.502 e. The Kier molecular flexibility index (Phi) is 5.70. The Labute approximate surface area is 126 Å². The first kappa shape index (κ1) is 15.9. The van der Waals surface area contributed by atoms with Gasteiger partial charge in [-0.05, 0) is 44.1 Å². The van der Waals surface area contributed by atoms with E-state index in [1.165, 1.54) is 25.8 Å². The van der Waals surface area contributed by atoms with Crippen LogP contribution < -0.4 is 14.8 Å². The van der Waals surface area contributed by atoms with Crippen LogP contribution in [0, 0.1) is 0 Å². The Balaban J connectivity index is 1.93. The van der Waals surface area contributed by atoms with Crippen LogP contribution in [-0.4, -0.2) is 50.4 Å². The predicted octanol–water partition coefficient (Wildman–Crippen LogP) is 1.98. The Hall–Kier alpha value is -1.46. The van der Waals surface area contributed by atoms with Gasteiger partial charge in [0.15, 0.2) is 11.5 Å². The third kappa shape index (κ3) is 4.02. The monoisotopic (exact) mass is 294 g/mol. The van der Waals surface area contributed by atoms with Crippen LogP contribution in [0.4, 0.5) is 0 Å². The molecule has 0 saturated carbocycles. The predicted molar refractivity (Wildman–Crippen MR) is 83.2 cm³/mol. The van der Waals surface area contributed by atoms with E-state index in [1.807, 2.05) is 12.1 Å². The molecule has 0 amide bonds. The molecule has 1 aliphatic heterocycles. The minimum atomic E-state index is 0.0516. The number of nitrogens with one attached hydrogen (secondary N) is 1. The van der Waals surface area contributed by atoms with E-state index < -0.39 is 0 Å². The number of ether oxygens (including phenoxy) is 2. The third-order valence-electron chi connectivity index (χ3n) is 4.17. The number of hydrogen-bond acceptors (Lipinski definition) is 5. The van der Waals surface area contributed by atoms with E-state index in [2.05, 4.69) is 17.3 Å². The molecule has 5 nitrogen and oxygen atoms in total. The van der Waals surface area contributed by atoms with Crippen molar-refractivity contribution in [2.24, 2.45) is 0 Å². The zero-order valence-electron chi connectivity index (χ0n) is 13.2. The smallest absolute Gasteiger partial charge is 0.200 e. The molecule has 0 radical (unpaired) electrons. The molecule has 1 saturated heterocycles. The maximum absolute atomic E-state index is 9.90. The van der Waals surface area contributed by atoms with Gasteiger partial charge in [-0.2, -0.15) is 0 Å². The van der Waals surface area contributed by atoms with Crippen LogP contribution in [0.3, 0.4) is 0 Å². The fourth-order valence-electron chi connectivity index (χ4n) is 2.83. The van der Waals surface area contributed by atoms with Crippen LogP contribution in [0.15, 0.2) is 12.1 Å². The fraction of sp³-hybridized carbons (Fsp3) is 0.625. The quantitative estimate of drug-likeness (QED) is 0.840. The van der Waals surface area contributed by atoms with Crippen LogP contribution in [0.25, 0.3) is 0 Å². The molecule has 0 bridgehead atoms. The summed E-state index contributed by atoms with van der Waals surface area (Å²) in [4.78, 5) is 2.43. The highest BCUT2D eigenvalue weighted by Crippen LogP contribution is 2.37. The SMILES string of the molecule is COc1cc(CNCC2CCCCN2C)cc(OC)c1O. The number of piperidine rings is 1. The van der Waals surface area contributed by atoms with Gasteiger partial charge in [0, 0.05) is 19.1 Å². The van der Waals surface area contributed by atoms with Gasteiger partial charge in [0.05, 0.1) is 14.2 Å². The highest BCUT2D eigenvalue weighted by molar-refractivity contribution is 5.52. The molecule has 1 heterocycles. The number of benzene rings is 1. The van der Waals surface area contributed by atoms with Crippen molar-refractivity contribution in [1.29, 1.82) is 0 Å². The van der Waals surface area contributed by atoms with Crippen LogP contribution in [0.2, 0.25) is 0 Å². The summed E-state index contributed by atoms with van der Waals surface area (Å²) in [5, 5.41) is 13.4. The first-order valence-corrected chi connectivity index (χ1v) is 7.50. The van der Waals surface area contributed by atoms with Gasteiger partial charge in [0.25, 0.3) is 0 Å². The zero-order chi connectivity index (χ0) is 15.2. The van der Waals surface area contributed by atoms with Crippen LogP contribution in [0.1, 0.15) is 24.8 Å². The van der Waals surface area contributed by atoms with E-state index in [0.717, 1.165) is 18.7 Å². The maximum Gasteiger partial charge on any atom is 0.200 e. The first-order chi connectivity index (χ1) is 10.2. The number of aromatic hydroxyl groups is 1. The standard InChI is InChI=1S/C16H26N2O3/c1-18-7-5-4-6-13(18)11-17-10-12-8-14(20-2)16(19)15(9-12)21-3/h8-9,13,17,19H,4-7,10-11H2,1-3H3. The van der Waals surface area contributed by atoms with Crippen molar-refractivity contribution in [3.05, 3.63) is 17.7 Å².